The second-order valence-corrected chi connectivity index (χ2v) is 5.79. The van der Waals surface area contributed by atoms with Gasteiger partial charge in [0.1, 0.15) is 0 Å². The van der Waals surface area contributed by atoms with E-state index >= 15 is 0 Å². The number of anilines is 1. The van der Waals surface area contributed by atoms with Crippen molar-refractivity contribution >= 4 is 23.3 Å². The molecule has 2 heterocycles. The van der Waals surface area contributed by atoms with E-state index in [9.17, 15) is 18.0 Å². The number of halogens is 4. The van der Waals surface area contributed by atoms with Crippen molar-refractivity contribution in [2.45, 2.75) is 6.18 Å². The van der Waals surface area contributed by atoms with Gasteiger partial charge in [-0.15, -0.1) is 0 Å². The highest BCUT2D eigenvalue weighted by atomic mass is 35.5. The van der Waals surface area contributed by atoms with Crippen LogP contribution in [0.5, 0.6) is 0 Å². The molecule has 0 unspecified atom stereocenters. The van der Waals surface area contributed by atoms with Crippen molar-refractivity contribution in [2.75, 3.05) is 31.1 Å². The highest BCUT2D eigenvalue weighted by molar-refractivity contribution is 6.33. The molecule has 0 saturated carbocycles. The third-order valence-electron chi connectivity index (χ3n) is 3.85. The van der Waals surface area contributed by atoms with E-state index in [4.69, 9.17) is 11.6 Å². The largest absolute Gasteiger partial charge is 0.419 e. The molecule has 1 aliphatic heterocycles. The monoisotopic (exact) mass is 358 g/mol. The predicted octanol–water partition coefficient (Wildman–Crippen LogP) is 3.35. The first-order valence-corrected chi connectivity index (χ1v) is 7.64. The Labute approximate surface area is 141 Å². The van der Waals surface area contributed by atoms with Crippen LogP contribution in [0.2, 0.25) is 5.02 Å². The molecule has 1 amide bonds. The fraction of sp³-hybridized carbons (Fsp3) is 0.333. The molecule has 1 saturated heterocycles. The fourth-order valence-electron chi connectivity index (χ4n) is 2.57. The van der Waals surface area contributed by atoms with Crippen LogP contribution in [0.4, 0.5) is 23.7 Å². The van der Waals surface area contributed by atoms with Gasteiger partial charge in [0.15, 0.2) is 0 Å². The Morgan fingerprint density at radius 1 is 1.12 bits per heavy atom. The molecule has 0 bridgehead atoms. The van der Waals surface area contributed by atoms with Gasteiger partial charge in [-0.1, -0.05) is 23.7 Å². The Morgan fingerprint density at radius 3 is 2.38 bits per heavy atom. The van der Waals surface area contributed by atoms with E-state index in [2.05, 4.69) is 5.10 Å². The number of carbonyl (C=O) groups is 1. The zero-order valence-corrected chi connectivity index (χ0v) is 13.3. The van der Waals surface area contributed by atoms with Crippen LogP contribution in [0.15, 0.2) is 36.7 Å². The Balaban J connectivity index is 1.65. The van der Waals surface area contributed by atoms with E-state index in [1.807, 2.05) is 23.1 Å². The molecule has 5 nitrogen and oxygen atoms in total. The van der Waals surface area contributed by atoms with Gasteiger partial charge < -0.3 is 9.80 Å². The summed E-state index contributed by atoms with van der Waals surface area (Å²) in [4.78, 5) is 15.8. The lowest BCUT2D eigenvalue weighted by molar-refractivity contribution is -0.137. The maximum atomic E-state index is 12.6. The lowest BCUT2D eigenvalue weighted by Gasteiger charge is -2.36. The van der Waals surface area contributed by atoms with Crippen LogP contribution in [0.25, 0.3) is 0 Å². The van der Waals surface area contributed by atoms with Crippen molar-refractivity contribution in [3.05, 3.63) is 47.2 Å². The second-order valence-electron chi connectivity index (χ2n) is 5.38. The quantitative estimate of drug-likeness (QED) is 0.785. The summed E-state index contributed by atoms with van der Waals surface area (Å²) in [6.07, 6.45) is -3.15. The lowest BCUT2D eigenvalue weighted by atomic mass is 10.2. The van der Waals surface area contributed by atoms with Gasteiger partial charge >= 0.3 is 12.2 Å². The first-order valence-electron chi connectivity index (χ1n) is 7.27. The van der Waals surface area contributed by atoms with Gasteiger partial charge in [0, 0.05) is 32.4 Å². The molecule has 1 aromatic carbocycles. The van der Waals surface area contributed by atoms with Crippen LogP contribution in [0, 0.1) is 0 Å². The van der Waals surface area contributed by atoms with E-state index in [0.29, 0.717) is 43.6 Å². The van der Waals surface area contributed by atoms with Crippen LogP contribution < -0.4 is 4.90 Å². The van der Waals surface area contributed by atoms with Gasteiger partial charge in [-0.25, -0.2) is 4.79 Å². The van der Waals surface area contributed by atoms with Crippen LogP contribution in [0.3, 0.4) is 0 Å². The van der Waals surface area contributed by atoms with Crippen molar-refractivity contribution in [3.8, 4) is 0 Å². The number of rotatable bonds is 1. The number of hydrogen-bond acceptors (Lipinski definition) is 3. The van der Waals surface area contributed by atoms with E-state index < -0.39 is 17.8 Å². The number of piperazine rings is 1. The maximum Gasteiger partial charge on any atom is 0.419 e. The first-order chi connectivity index (χ1) is 11.4. The van der Waals surface area contributed by atoms with Gasteiger partial charge in [0.05, 0.1) is 22.5 Å². The molecule has 1 fully saturated rings. The summed E-state index contributed by atoms with van der Waals surface area (Å²) < 4.78 is 38.5. The molecular weight excluding hydrogens is 345 g/mol. The lowest BCUT2D eigenvalue weighted by Crippen LogP contribution is -2.50. The number of aromatic nitrogens is 2. The summed E-state index contributed by atoms with van der Waals surface area (Å²) in [5, 5.41) is 4.14. The van der Waals surface area contributed by atoms with Gasteiger partial charge in [-0.05, 0) is 12.1 Å². The highest BCUT2D eigenvalue weighted by Crippen LogP contribution is 2.29. The molecule has 0 atom stereocenters. The summed E-state index contributed by atoms with van der Waals surface area (Å²) in [6, 6.07) is 6.83. The predicted molar refractivity (Wildman–Crippen MR) is 83.3 cm³/mol. The SMILES string of the molecule is O=C(N1CCN(c2ccccc2Cl)CC1)n1cc(C(F)(F)F)cn1. The van der Waals surface area contributed by atoms with Crippen LogP contribution in [-0.2, 0) is 6.18 Å². The van der Waals surface area contributed by atoms with Crippen molar-refractivity contribution in [3.63, 3.8) is 0 Å². The average Bonchev–Trinajstić information content (AvgIpc) is 3.05. The number of hydrogen-bond donors (Lipinski definition) is 0. The minimum atomic E-state index is -4.51. The topological polar surface area (TPSA) is 41.4 Å². The molecule has 3 rings (SSSR count). The minimum absolute atomic E-state index is 0.380. The molecule has 0 N–H and O–H groups in total. The molecule has 1 aromatic heterocycles. The Morgan fingerprint density at radius 2 is 1.79 bits per heavy atom. The number of carbonyl (C=O) groups excluding carboxylic acids is 1. The van der Waals surface area contributed by atoms with Crippen molar-refractivity contribution < 1.29 is 18.0 Å². The van der Waals surface area contributed by atoms with Gasteiger partial charge in [-0.3, -0.25) is 0 Å². The number of para-hydroxylation sites is 1. The van der Waals surface area contributed by atoms with Gasteiger partial charge in [0.2, 0.25) is 0 Å². The second kappa shape index (κ2) is 6.35. The molecule has 9 heteroatoms. The number of benzene rings is 1. The normalized spacial score (nSPS) is 15.7. The summed E-state index contributed by atoms with van der Waals surface area (Å²) in [5.41, 5.74) is -0.0599. The van der Waals surface area contributed by atoms with E-state index in [1.165, 1.54) is 4.90 Å². The van der Waals surface area contributed by atoms with Crippen LogP contribution >= 0.6 is 11.6 Å². The van der Waals surface area contributed by atoms with Crippen LogP contribution in [0.1, 0.15) is 5.56 Å². The minimum Gasteiger partial charge on any atom is -0.367 e. The summed E-state index contributed by atoms with van der Waals surface area (Å²) >= 11 is 6.16. The van der Waals surface area contributed by atoms with Gasteiger partial charge in [-0.2, -0.15) is 23.0 Å². The highest BCUT2D eigenvalue weighted by Gasteiger charge is 2.33. The Kier molecular flexibility index (Phi) is 4.40. The average molecular weight is 359 g/mol. The van der Waals surface area contributed by atoms with Crippen LogP contribution in [-0.4, -0.2) is 46.9 Å². The zero-order chi connectivity index (χ0) is 17.3. The maximum absolute atomic E-state index is 12.6. The molecule has 0 radical (unpaired) electrons. The van der Waals surface area contributed by atoms with E-state index in [1.54, 1.807) is 6.07 Å². The molecule has 128 valence electrons. The molecule has 2 aromatic rings. The Bertz CT molecular complexity index is 738. The van der Waals surface area contributed by atoms with Gasteiger partial charge in [0.25, 0.3) is 0 Å². The number of nitrogens with zero attached hydrogens (tertiary/aromatic N) is 4. The summed E-state index contributed by atoms with van der Waals surface area (Å²) in [6.45, 7) is 1.85. The third-order valence-corrected chi connectivity index (χ3v) is 4.17. The molecule has 0 spiro atoms. The summed E-state index contributed by atoms with van der Waals surface area (Å²) in [5.74, 6) is 0. The van der Waals surface area contributed by atoms with Crippen molar-refractivity contribution in [1.82, 2.24) is 14.7 Å². The van der Waals surface area contributed by atoms with E-state index in [0.717, 1.165) is 10.4 Å². The van der Waals surface area contributed by atoms with Crippen molar-refractivity contribution in [2.24, 2.45) is 0 Å². The molecule has 1 aliphatic rings. The smallest absolute Gasteiger partial charge is 0.367 e. The zero-order valence-electron chi connectivity index (χ0n) is 12.5. The summed E-state index contributed by atoms with van der Waals surface area (Å²) in [7, 11) is 0. The number of alkyl halides is 3. The Hall–Kier alpha value is -2.22. The van der Waals surface area contributed by atoms with Crippen molar-refractivity contribution in [1.29, 1.82) is 0 Å². The first kappa shape index (κ1) is 16.6. The fourth-order valence-corrected chi connectivity index (χ4v) is 2.82. The third kappa shape index (κ3) is 3.33. The standard InChI is InChI=1S/C15H14ClF3N4O/c16-12-3-1-2-4-13(12)21-5-7-22(8-6-21)14(24)23-10-11(9-20-23)15(17,18)19/h1-4,9-10H,5-8H2. The molecular formula is C15H14ClF3N4O. The molecule has 24 heavy (non-hydrogen) atoms. The van der Waals surface area contributed by atoms with E-state index in [-0.39, 0.29) is 0 Å². The number of amides is 1. The molecule has 0 aliphatic carbocycles.